The summed E-state index contributed by atoms with van der Waals surface area (Å²) in [5.74, 6) is 2.17. The van der Waals surface area contributed by atoms with Crippen LogP contribution in [0.2, 0.25) is 0 Å². The van der Waals surface area contributed by atoms with E-state index in [0.717, 1.165) is 80.6 Å². The van der Waals surface area contributed by atoms with E-state index < -0.39 is 0 Å². The number of benzene rings is 3. The minimum absolute atomic E-state index is 0.0131. The lowest BCUT2D eigenvalue weighted by Gasteiger charge is -2.27. The summed E-state index contributed by atoms with van der Waals surface area (Å²) in [6.07, 6.45) is 5.29. The first-order chi connectivity index (χ1) is 24.2. The second-order valence-electron chi connectivity index (χ2n) is 13.0. The van der Waals surface area contributed by atoms with Gasteiger partial charge < -0.3 is 29.8 Å². The van der Waals surface area contributed by atoms with E-state index in [1.165, 1.54) is 0 Å². The zero-order chi connectivity index (χ0) is 35.4. The fourth-order valence-corrected chi connectivity index (χ4v) is 6.65. The molecule has 5 aromatic rings. The molecule has 3 heterocycles. The van der Waals surface area contributed by atoms with Gasteiger partial charge in [-0.3, -0.25) is 14.4 Å². The van der Waals surface area contributed by atoms with Crippen LogP contribution in [0.1, 0.15) is 70.6 Å². The van der Waals surface area contributed by atoms with Crippen LogP contribution in [0.4, 0.5) is 0 Å². The summed E-state index contributed by atoms with van der Waals surface area (Å²) >= 11 is 4.53. The zero-order valence-corrected chi connectivity index (χ0v) is 30.0. The second kappa shape index (κ2) is 15.4. The number of rotatable bonds is 15. The van der Waals surface area contributed by atoms with Gasteiger partial charge in [0.15, 0.2) is 0 Å². The molecule has 0 spiro atoms. The lowest BCUT2D eigenvalue weighted by atomic mass is 9.92. The number of hydrogen-bond acceptors (Lipinski definition) is 7. The lowest BCUT2D eigenvalue weighted by Crippen LogP contribution is -2.42. The molecule has 11 nitrogen and oxygen atoms in total. The van der Waals surface area contributed by atoms with Crippen LogP contribution in [0.25, 0.3) is 44.2 Å². The lowest BCUT2D eigenvalue weighted by molar-refractivity contribution is -0.134. The highest BCUT2D eigenvalue weighted by Crippen LogP contribution is 2.42. The summed E-state index contributed by atoms with van der Waals surface area (Å²) in [5.41, 5.74) is 6.80. The van der Waals surface area contributed by atoms with Crippen molar-refractivity contribution in [3.05, 3.63) is 65.9 Å². The predicted octanol–water partition coefficient (Wildman–Crippen LogP) is 6.38. The minimum Gasteiger partial charge on any atom is -0.488 e. The Morgan fingerprint density at radius 2 is 1.86 bits per heavy atom. The third-order valence-corrected chi connectivity index (χ3v) is 10.1. The molecule has 1 aliphatic heterocycles. The van der Waals surface area contributed by atoms with E-state index in [9.17, 15) is 14.4 Å². The van der Waals surface area contributed by atoms with Gasteiger partial charge in [-0.1, -0.05) is 39.0 Å². The zero-order valence-electron chi connectivity index (χ0n) is 29.1. The highest BCUT2D eigenvalue weighted by molar-refractivity contribution is 7.81. The van der Waals surface area contributed by atoms with Gasteiger partial charge in [0.2, 0.25) is 18.2 Å². The van der Waals surface area contributed by atoms with E-state index >= 15 is 0 Å². The molecule has 3 N–H and O–H groups in total. The van der Waals surface area contributed by atoms with Crippen molar-refractivity contribution in [2.45, 2.75) is 84.4 Å². The number of imidazole rings is 2. The molecule has 0 saturated heterocycles. The largest absolute Gasteiger partial charge is 0.488 e. The average Bonchev–Trinajstić information content (AvgIpc) is 3.78. The van der Waals surface area contributed by atoms with Crippen molar-refractivity contribution in [1.29, 1.82) is 0 Å². The number of nitrogens with zero attached hydrogens (tertiary/aromatic N) is 4. The van der Waals surface area contributed by atoms with E-state index in [0.29, 0.717) is 44.9 Å². The number of carbonyl (C=O) groups is 3. The third kappa shape index (κ3) is 7.35. The Morgan fingerprint density at radius 3 is 2.62 bits per heavy atom. The van der Waals surface area contributed by atoms with E-state index in [1.54, 1.807) is 4.90 Å². The molecule has 0 fully saturated rings. The molecule has 6 rings (SSSR count). The van der Waals surface area contributed by atoms with Gasteiger partial charge in [0, 0.05) is 35.2 Å². The summed E-state index contributed by atoms with van der Waals surface area (Å²) in [7, 11) is 0. The Kier molecular flexibility index (Phi) is 10.8. The number of amides is 3. The topological polar surface area (TPSA) is 136 Å². The summed E-state index contributed by atoms with van der Waals surface area (Å²) < 4.78 is 6.33. The fraction of sp³-hybridized carbons (Fsp3) is 0.395. The van der Waals surface area contributed by atoms with Gasteiger partial charge in [-0.05, 0) is 72.5 Å². The van der Waals surface area contributed by atoms with Crippen LogP contribution in [0.5, 0.6) is 5.75 Å². The number of thiol groups is 1. The molecule has 0 bridgehead atoms. The van der Waals surface area contributed by atoms with Crippen LogP contribution < -0.4 is 10.1 Å². The summed E-state index contributed by atoms with van der Waals surface area (Å²) in [4.78, 5) is 56.5. The molecule has 0 saturated carbocycles. The Labute approximate surface area is 297 Å². The summed E-state index contributed by atoms with van der Waals surface area (Å²) in [6.45, 7) is 9.92. The minimum atomic E-state index is -0.158. The predicted molar refractivity (Wildman–Crippen MR) is 199 cm³/mol. The Morgan fingerprint density at radius 1 is 1.02 bits per heavy atom. The van der Waals surface area contributed by atoms with Gasteiger partial charge >= 0.3 is 0 Å². The van der Waals surface area contributed by atoms with Crippen molar-refractivity contribution in [3.8, 4) is 28.1 Å². The molecule has 1 aliphatic rings. The van der Waals surface area contributed by atoms with Gasteiger partial charge in [0.1, 0.15) is 24.0 Å². The third-order valence-electron chi connectivity index (χ3n) is 9.50. The Hall–Kier alpha value is -4.84. The standard InChI is InChI=1S/C38H45N7O4S/c1-5-12-44(36(47)15-27(50)7-3)19-34-40-17-32(42-34)25-8-10-28-26(13-25)21-49-33-16-29-24(14-30(28)33)9-11-31-38(29)43-35(41-31)20-45(23(4)6-2)37(48)18-39-22-46/h8-11,13-14,16-17,22-23,27,50H,5-7,12,15,18-21H2,1-4H3,(H,39,46)(H,40,42)(H,41,43)/t23-,27-/m0/s1. The molecule has 3 amide bonds. The van der Waals surface area contributed by atoms with Crippen LogP contribution in [-0.4, -0.2) is 72.3 Å². The van der Waals surface area contributed by atoms with Crippen molar-refractivity contribution in [2.24, 2.45) is 0 Å². The van der Waals surface area contributed by atoms with Crippen LogP contribution in [0.15, 0.2) is 48.7 Å². The number of hydrogen-bond donors (Lipinski definition) is 4. The maximum absolute atomic E-state index is 12.9. The SMILES string of the molecule is CCCN(Cc1ncc(-c2ccc3c(c2)COc2cc4c(ccc5[nH]c(CN(C(=O)CNC=O)[C@@H](C)CC)nc54)cc2-3)[nH]1)C(=O)C[C@@H](S)CC. The summed E-state index contributed by atoms with van der Waals surface area (Å²) in [6, 6.07) is 14.7. The van der Waals surface area contributed by atoms with Crippen molar-refractivity contribution in [1.82, 2.24) is 35.1 Å². The number of nitrogens with one attached hydrogen (secondary N) is 3. The smallest absolute Gasteiger partial charge is 0.242 e. The Balaban J connectivity index is 1.24. The molecule has 0 radical (unpaired) electrons. The van der Waals surface area contributed by atoms with Crippen molar-refractivity contribution < 1.29 is 19.1 Å². The number of aromatic nitrogens is 4. The first-order valence-electron chi connectivity index (χ1n) is 17.4. The molecular formula is C38H45N7O4S. The number of aromatic amines is 2. The van der Waals surface area contributed by atoms with Gasteiger partial charge in [-0.2, -0.15) is 12.6 Å². The van der Waals surface area contributed by atoms with E-state index in [4.69, 9.17) is 9.72 Å². The van der Waals surface area contributed by atoms with E-state index in [1.807, 2.05) is 37.9 Å². The number of ether oxygens (including phenoxy) is 1. The first kappa shape index (κ1) is 35.0. The number of carbonyl (C=O) groups excluding carboxylic acids is 3. The molecule has 12 heteroatoms. The molecule has 0 unspecified atom stereocenters. The highest BCUT2D eigenvalue weighted by Gasteiger charge is 2.23. The Bertz CT molecular complexity index is 2020. The average molecular weight is 696 g/mol. The summed E-state index contributed by atoms with van der Waals surface area (Å²) in [5, 5.41) is 4.54. The van der Waals surface area contributed by atoms with Crippen LogP contribution in [-0.2, 0) is 34.1 Å². The van der Waals surface area contributed by atoms with Crippen molar-refractivity contribution in [2.75, 3.05) is 13.1 Å². The number of H-pyrrole nitrogens is 2. The van der Waals surface area contributed by atoms with Gasteiger partial charge in [-0.25, -0.2) is 9.97 Å². The molecule has 3 aromatic carbocycles. The maximum Gasteiger partial charge on any atom is 0.242 e. The fourth-order valence-electron chi connectivity index (χ4n) is 6.49. The number of fused-ring (bicyclic) bond motifs is 6. The molecule has 262 valence electrons. The van der Waals surface area contributed by atoms with E-state index in [-0.39, 0.29) is 29.7 Å². The second-order valence-corrected chi connectivity index (χ2v) is 13.7. The van der Waals surface area contributed by atoms with Crippen molar-refractivity contribution in [3.63, 3.8) is 0 Å². The molecule has 2 aromatic heterocycles. The molecule has 0 aliphatic carbocycles. The van der Waals surface area contributed by atoms with Gasteiger partial charge in [0.05, 0.1) is 42.6 Å². The monoisotopic (exact) mass is 695 g/mol. The van der Waals surface area contributed by atoms with Crippen molar-refractivity contribution >= 4 is 52.7 Å². The quantitative estimate of drug-likeness (QED) is 0.0742. The molecular weight excluding hydrogens is 651 g/mol. The molecule has 2 atom stereocenters. The van der Waals surface area contributed by atoms with Gasteiger partial charge in [-0.15, -0.1) is 0 Å². The highest BCUT2D eigenvalue weighted by atomic mass is 32.1. The maximum atomic E-state index is 12.9. The van der Waals surface area contributed by atoms with Crippen LogP contribution in [0, 0.1) is 0 Å². The van der Waals surface area contributed by atoms with Crippen LogP contribution in [0.3, 0.4) is 0 Å². The normalized spacial score (nSPS) is 13.3. The van der Waals surface area contributed by atoms with Gasteiger partial charge in [0.25, 0.3) is 0 Å². The van der Waals surface area contributed by atoms with Crippen LogP contribution >= 0.6 is 12.6 Å². The first-order valence-corrected chi connectivity index (χ1v) is 17.9. The van der Waals surface area contributed by atoms with E-state index in [2.05, 4.69) is 76.2 Å². The molecule has 50 heavy (non-hydrogen) atoms.